The van der Waals surface area contributed by atoms with Crippen molar-refractivity contribution in [3.8, 4) is 0 Å². The first-order valence-electron chi connectivity index (χ1n) is 8.38. The summed E-state index contributed by atoms with van der Waals surface area (Å²) in [7, 11) is 0. The smallest absolute Gasteiger partial charge is 0.319 e. The van der Waals surface area contributed by atoms with Crippen LogP contribution >= 0.6 is 0 Å². The molecular weight excluding hydrogens is 321 g/mol. The maximum Gasteiger partial charge on any atom is 0.319 e. The number of ether oxygens (including phenoxy) is 1. The number of carbonyl (C=O) groups excluding carboxylic acids is 1. The van der Waals surface area contributed by atoms with Crippen molar-refractivity contribution < 1.29 is 13.9 Å². The highest BCUT2D eigenvalue weighted by Gasteiger charge is 2.21. The number of halogens is 1. The molecule has 1 heterocycles. The molecule has 0 radical (unpaired) electrons. The van der Waals surface area contributed by atoms with E-state index >= 15 is 0 Å². The largest absolute Gasteiger partial charge is 0.374 e. The van der Waals surface area contributed by atoms with Crippen LogP contribution in [0.25, 0.3) is 0 Å². The molecule has 132 valence electrons. The summed E-state index contributed by atoms with van der Waals surface area (Å²) in [6, 6.07) is 15.9. The average Bonchev–Trinajstić information content (AvgIpc) is 2.63. The SMILES string of the molecule is O=C(NC[C@@H]1CN(Cc2ccccc2)CCO1)Nc1ccccc1F. The average molecular weight is 343 g/mol. The number of amides is 2. The molecule has 2 N–H and O–H groups in total. The second-order valence-corrected chi connectivity index (χ2v) is 6.03. The summed E-state index contributed by atoms with van der Waals surface area (Å²) >= 11 is 0. The van der Waals surface area contributed by atoms with Crippen LogP contribution in [-0.2, 0) is 11.3 Å². The van der Waals surface area contributed by atoms with E-state index in [1.54, 1.807) is 12.1 Å². The molecule has 1 aliphatic heterocycles. The molecule has 0 bridgehead atoms. The number of urea groups is 1. The number of carbonyl (C=O) groups is 1. The number of nitrogens with zero attached hydrogens (tertiary/aromatic N) is 1. The van der Waals surface area contributed by atoms with Crippen LogP contribution in [0.5, 0.6) is 0 Å². The fourth-order valence-electron chi connectivity index (χ4n) is 2.82. The van der Waals surface area contributed by atoms with Crippen molar-refractivity contribution in [2.45, 2.75) is 12.6 Å². The van der Waals surface area contributed by atoms with Gasteiger partial charge in [0.15, 0.2) is 0 Å². The highest BCUT2D eigenvalue weighted by Crippen LogP contribution is 2.12. The van der Waals surface area contributed by atoms with Crippen LogP contribution in [0.3, 0.4) is 0 Å². The Balaban J connectivity index is 1.45. The van der Waals surface area contributed by atoms with Gasteiger partial charge in [0.1, 0.15) is 5.82 Å². The number of hydrogen-bond donors (Lipinski definition) is 2. The van der Waals surface area contributed by atoms with Gasteiger partial charge in [0.05, 0.1) is 18.4 Å². The standard InChI is InChI=1S/C19H22FN3O2/c20-17-8-4-5-9-18(17)22-19(24)21-12-16-14-23(10-11-25-16)13-15-6-2-1-3-7-15/h1-9,16H,10-14H2,(H2,21,22,24)/t16-/m1/s1. The van der Waals surface area contributed by atoms with Gasteiger partial charge < -0.3 is 15.4 Å². The Morgan fingerprint density at radius 2 is 1.92 bits per heavy atom. The van der Waals surface area contributed by atoms with E-state index in [1.807, 2.05) is 18.2 Å². The topological polar surface area (TPSA) is 53.6 Å². The lowest BCUT2D eigenvalue weighted by Crippen LogP contribution is -2.47. The van der Waals surface area contributed by atoms with Crippen LogP contribution in [0, 0.1) is 5.82 Å². The highest BCUT2D eigenvalue weighted by molar-refractivity contribution is 5.89. The lowest BCUT2D eigenvalue weighted by Gasteiger charge is -2.33. The Labute approximate surface area is 146 Å². The molecule has 5 nitrogen and oxygen atoms in total. The molecular formula is C19H22FN3O2. The maximum atomic E-state index is 13.5. The Kier molecular flexibility index (Phi) is 5.98. The van der Waals surface area contributed by atoms with Crippen molar-refractivity contribution in [2.24, 2.45) is 0 Å². The van der Waals surface area contributed by atoms with Gasteiger partial charge in [-0.1, -0.05) is 42.5 Å². The molecule has 0 aromatic heterocycles. The predicted octanol–water partition coefficient (Wildman–Crippen LogP) is 2.85. The Bertz CT molecular complexity index is 696. The van der Waals surface area contributed by atoms with Crippen molar-refractivity contribution in [1.29, 1.82) is 0 Å². The normalized spacial score (nSPS) is 17.9. The first-order valence-corrected chi connectivity index (χ1v) is 8.38. The van der Waals surface area contributed by atoms with Crippen LogP contribution in [0.15, 0.2) is 54.6 Å². The van der Waals surface area contributed by atoms with Crippen LogP contribution in [0.4, 0.5) is 14.9 Å². The lowest BCUT2D eigenvalue weighted by atomic mass is 10.2. The number of hydrogen-bond acceptors (Lipinski definition) is 3. The fraction of sp³-hybridized carbons (Fsp3) is 0.316. The van der Waals surface area contributed by atoms with E-state index in [0.29, 0.717) is 13.2 Å². The van der Waals surface area contributed by atoms with Crippen LogP contribution in [0.1, 0.15) is 5.56 Å². The summed E-state index contributed by atoms with van der Waals surface area (Å²) in [4.78, 5) is 14.2. The van der Waals surface area contributed by atoms with Crippen LogP contribution < -0.4 is 10.6 Å². The third-order valence-corrected chi connectivity index (χ3v) is 4.08. The number of anilines is 1. The van der Waals surface area contributed by atoms with Crippen molar-refractivity contribution in [1.82, 2.24) is 10.2 Å². The van der Waals surface area contributed by atoms with Gasteiger partial charge in [-0.3, -0.25) is 4.90 Å². The number of morpholine rings is 1. The minimum Gasteiger partial charge on any atom is -0.374 e. The molecule has 2 aromatic carbocycles. The lowest BCUT2D eigenvalue weighted by molar-refractivity contribution is -0.0285. The molecule has 6 heteroatoms. The Hall–Kier alpha value is -2.44. The zero-order chi connectivity index (χ0) is 17.5. The van der Waals surface area contributed by atoms with E-state index in [2.05, 4.69) is 27.7 Å². The van der Waals surface area contributed by atoms with Crippen molar-refractivity contribution >= 4 is 11.7 Å². The van der Waals surface area contributed by atoms with Crippen molar-refractivity contribution in [2.75, 3.05) is 31.6 Å². The summed E-state index contributed by atoms with van der Waals surface area (Å²) < 4.78 is 19.2. The van der Waals surface area contributed by atoms with E-state index in [4.69, 9.17) is 4.74 Å². The van der Waals surface area contributed by atoms with Gasteiger partial charge in [0.25, 0.3) is 0 Å². The summed E-state index contributed by atoms with van der Waals surface area (Å²) in [6.45, 7) is 3.49. The van der Waals surface area contributed by atoms with Crippen molar-refractivity contribution in [3.05, 3.63) is 66.0 Å². The molecule has 1 atom stereocenters. The molecule has 0 saturated carbocycles. The van der Waals surface area contributed by atoms with Gasteiger partial charge in [0, 0.05) is 26.2 Å². The Morgan fingerprint density at radius 1 is 1.16 bits per heavy atom. The Morgan fingerprint density at radius 3 is 2.72 bits per heavy atom. The molecule has 3 rings (SSSR count). The summed E-state index contributed by atoms with van der Waals surface area (Å²) in [5.41, 5.74) is 1.42. The van der Waals surface area contributed by atoms with Crippen LogP contribution in [0.2, 0.25) is 0 Å². The van der Waals surface area contributed by atoms with E-state index in [0.717, 1.165) is 19.6 Å². The highest BCUT2D eigenvalue weighted by atomic mass is 19.1. The molecule has 0 spiro atoms. The van der Waals surface area contributed by atoms with Crippen LogP contribution in [-0.4, -0.2) is 43.3 Å². The predicted molar refractivity (Wildman–Crippen MR) is 94.9 cm³/mol. The first kappa shape index (κ1) is 17.4. The van der Waals surface area contributed by atoms with Gasteiger partial charge in [0.2, 0.25) is 0 Å². The zero-order valence-electron chi connectivity index (χ0n) is 14.0. The third-order valence-electron chi connectivity index (χ3n) is 4.08. The quantitative estimate of drug-likeness (QED) is 0.878. The molecule has 0 unspecified atom stereocenters. The molecule has 1 fully saturated rings. The van der Waals surface area contributed by atoms with Gasteiger partial charge >= 0.3 is 6.03 Å². The maximum absolute atomic E-state index is 13.5. The summed E-state index contributed by atoms with van der Waals surface area (Å²) in [5, 5.41) is 5.25. The summed E-state index contributed by atoms with van der Waals surface area (Å²) in [5.74, 6) is -0.458. The second kappa shape index (κ2) is 8.60. The van der Waals surface area contributed by atoms with Gasteiger partial charge in [-0.2, -0.15) is 0 Å². The number of benzene rings is 2. The monoisotopic (exact) mass is 343 g/mol. The summed E-state index contributed by atoms with van der Waals surface area (Å²) in [6.07, 6.45) is -0.0798. The fourth-order valence-corrected chi connectivity index (χ4v) is 2.82. The molecule has 2 amide bonds. The molecule has 0 aliphatic carbocycles. The zero-order valence-corrected chi connectivity index (χ0v) is 14.0. The number of rotatable bonds is 5. The van der Waals surface area contributed by atoms with Gasteiger partial charge in [-0.25, -0.2) is 9.18 Å². The van der Waals surface area contributed by atoms with Gasteiger partial charge in [-0.15, -0.1) is 0 Å². The number of nitrogens with one attached hydrogen (secondary N) is 2. The molecule has 2 aromatic rings. The first-order chi connectivity index (χ1) is 12.2. The second-order valence-electron chi connectivity index (χ2n) is 6.03. The third kappa shape index (κ3) is 5.27. The van der Waals surface area contributed by atoms with Crippen molar-refractivity contribution in [3.63, 3.8) is 0 Å². The number of para-hydroxylation sites is 1. The minimum atomic E-state index is -0.458. The molecule has 25 heavy (non-hydrogen) atoms. The molecule has 1 aliphatic rings. The van der Waals surface area contributed by atoms with E-state index in [9.17, 15) is 9.18 Å². The van der Waals surface area contributed by atoms with Gasteiger partial charge in [-0.05, 0) is 17.7 Å². The van der Waals surface area contributed by atoms with E-state index in [1.165, 1.54) is 17.7 Å². The van der Waals surface area contributed by atoms with E-state index < -0.39 is 11.8 Å². The minimum absolute atomic E-state index is 0.0798. The molecule has 1 saturated heterocycles. The van der Waals surface area contributed by atoms with E-state index in [-0.39, 0.29) is 11.8 Å².